The highest BCUT2D eigenvalue weighted by Crippen LogP contribution is 2.17. The molecule has 1 saturated heterocycles. The summed E-state index contributed by atoms with van der Waals surface area (Å²) in [7, 11) is 0. The monoisotopic (exact) mass is 299 g/mol. The predicted molar refractivity (Wildman–Crippen MR) is 82.6 cm³/mol. The Labute approximate surface area is 126 Å². The van der Waals surface area contributed by atoms with E-state index >= 15 is 0 Å². The zero-order chi connectivity index (χ0) is 14.2. The number of amides is 1. The summed E-state index contributed by atoms with van der Waals surface area (Å²) in [6, 6.07) is 0.513. The van der Waals surface area contributed by atoms with E-state index in [0.717, 1.165) is 0 Å². The largest absolute Gasteiger partial charge is 0.378 e. The van der Waals surface area contributed by atoms with Crippen LogP contribution in [0.4, 0.5) is 0 Å². The third-order valence-electron chi connectivity index (χ3n) is 3.93. The maximum atomic E-state index is 11.9. The van der Waals surface area contributed by atoms with E-state index < -0.39 is 0 Å². The van der Waals surface area contributed by atoms with Gasteiger partial charge >= 0.3 is 0 Å². The van der Waals surface area contributed by atoms with Crippen LogP contribution >= 0.6 is 12.2 Å². The summed E-state index contributed by atoms with van der Waals surface area (Å²) in [5.74, 6) is 0.182. The highest BCUT2D eigenvalue weighted by Gasteiger charge is 2.17. The number of ether oxygens (including phenoxy) is 1. The number of rotatable bonds is 4. The van der Waals surface area contributed by atoms with E-state index in [1.165, 1.54) is 32.1 Å². The molecule has 1 aliphatic carbocycles. The lowest BCUT2D eigenvalue weighted by Gasteiger charge is -2.27. The molecule has 1 aliphatic heterocycles. The van der Waals surface area contributed by atoms with Gasteiger partial charge in [0, 0.05) is 32.1 Å². The average molecular weight is 299 g/mol. The van der Waals surface area contributed by atoms with Gasteiger partial charge in [0.05, 0.1) is 13.2 Å². The summed E-state index contributed by atoms with van der Waals surface area (Å²) in [5.41, 5.74) is 0. The Morgan fingerprint density at radius 2 is 1.90 bits per heavy atom. The minimum absolute atomic E-state index is 0.182. The summed E-state index contributed by atoms with van der Waals surface area (Å²) in [6.45, 7) is 3.34. The van der Waals surface area contributed by atoms with Crippen LogP contribution in [0.25, 0.3) is 0 Å². The fraction of sp³-hybridized carbons (Fsp3) is 0.857. The van der Waals surface area contributed by atoms with Crippen molar-refractivity contribution in [3.8, 4) is 0 Å². The number of carbonyl (C=O) groups is 1. The van der Waals surface area contributed by atoms with Crippen molar-refractivity contribution in [2.45, 2.75) is 44.6 Å². The summed E-state index contributed by atoms with van der Waals surface area (Å²) < 4.78 is 5.24. The van der Waals surface area contributed by atoms with E-state index in [0.29, 0.717) is 50.4 Å². The summed E-state index contributed by atoms with van der Waals surface area (Å²) >= 11 is 5.28. The minimum Gasteiger partial charge on any atom is -0.378 e. The third-order valence-corrected chi connectivity index (χ3v) is 4.19. The molecule has 0 spiro atoms. The Bertz CT molecular complexity index is 326. The summed E-state index contributed by atoms with van der Waals surface area (Å²) in [6.07, 6.45) is 6.81. The van der Waals surface area contributed by atoms with Crippen LogP contribution in [0.5, 0.6) is 0 Å². The smallest absolute Gasteiger partial charge is 0.224 e. The molecule has 0 aromatic carbocycles. The van der Waals surface area contributed by atoms with Crippen molar-refractivity contribution in [3.05, 3.63) is 0 Å². The van der Waals surface area contributed by atoms with Gasteiger partial charge in [-0.25, -0.2) is 0 Å². The van der Waals surface area contributed by atoms with Crippen LogP contribution in [0.1, 0.15) is 38.5 Å². The molecule has 1 amide bonds. The van der Waals surface area contributed by atoms with E-state index in [1.807, 2.05) is 4.90 Å². The van der Waals surface area contributed by atoms with Gasteiger partial charge in [-0.2, -0.15) is 0 Å². The Morgan fingerprint density at radius 3 is 2.60 bits per heavy atom. The van der Waals surface area contributed by atoms with Crippen molar-refractivity contribution in [1.82, 2.24) is 15.5 Å². The molecular weight excluding hydrogens is 274 g/mol. The van der Waals surface area contributed by atoms with Crippen LogP contribution in [0.2, 0.25) is 0 Å². The lowest BCUT2D eigenvalue weighted by atomic mass is 9.96. The Morgan fingerprint density at radius 1 is 1.20 bits per heavy atom. The van der Waals surface area contributed by atoms with Crippen LogP contribution < -0.4 is 10.6 Å². The molecule has 0 radical (unpaired) electrons. The molecule has 0 aromatic heterocycles. The lowest BCUT2D eigenvalue weighted by Crippen LogP contribution is -2.45. The van der Waals surface area contributed by atoms with Gasteiger partial charge in [0.1, 0.15) is 0 Å². The quantitative estimate of drug-likeness (QED) is 0.760. The molecule has 1 saturated carbocycles. The van der Waals surface area contributed by atoms with Gasteiger partial charge in [0.2, 0.25) is 5.91 Å². The molecule has 0 aromatic rings. The average Bonchev–Trinajstić information content (AvgIpc) is 2.49. The molecule has 2 fully saturated rings. The predicted octanol–water partition coefficient (Wildman–Crippen LogP) is 1.03. The maximum absolute atomic E-state index is 11.9. The fourth-order valence-electron chi connectivity index (χ4n) is 2.74. The molecule has 20 heavy (non-hydrogen) atoms. The van der Waals surface area contributed by atoms with Crippen LogP contribution in [0, 0.1) is 0 Å². The van der Waals surface area contributed by atoms with Crippen molar-refractivity contribution in [1.29, 1.82) is 0 Å². The van der Waals surface area contributed by atoms with Crippen LogP contribution in [-0.2, 0) is 9.53 Å². The number of nitrogens with zero attached hydrogens (tertiary/aromatic N) is 1. The first kappa shape index (κ1) is 15.5. The summed E-state index contributed by atoms with van der Waals surface area (Å²) in [5, 5.41) is 7.18. The molecule has 2 rings (SSSR count). The molecule has 1 heterocycles. The van der Waals surface area contributed by atoms with Gasteiger partial charge in [0.15, 0.2) is 5.11 Å². The first-order chi connectivity index (χ1) is 9.75. The molecule has 2 aliphatic rings. The zero-order valence-corrected chi connectivity index (χ0v) is 12.8. The number of morpholine rings is 1. The highest BCUT2D eigenvalue weighted by molar-refractivity contribution is 7.80. The topological polar surface area (TPSA) is 53.6 Å². The first-order valence-electron chi connectivity index (χ1n) is 7.65. The van der Waals surface area contributed by atoms with Crippen LogP contribution in [0.3, 0.4) is 0 Å². The van der Waals surface area contributed by atoms with Gasteiger partial charge in [-0.1, -0.05) is 19.3 Å². The van der Waals surface area contributed by atoms with E-state index in [1.54, 1.807) is 0 Å². The molecular formula is C14H25N3O2S. The summed E-state index contributed by atoms with van der Waals surface area (Å²) in [4.78, 5) is 13.8. The van der Waals surface area contributed by atoms with Crippen molar-refractivity contribution in [3.63, 3.8) is 0 Å². The normalized spacial score (nSPS) is 20.5. The van der Waals surface area contributed by atoms with E-state index in [4.69, 9.17) is 17.0 Å². The Balaban J connectivity index is 1.57. The molecule has 2 N–H and O–H groups in total. The van der Waals surface area contributed by atoms with Crippen molar-refractivity contribution in [2.24, 2.45) is 0 Å². The van der Waals surface area contributed by atoms with Crippen LogP contribution in [0.15, 0.2) is 0 Å². The molecule has 114 valence electrons. The third kappa shape index (κ3) is 5.25. The second-order valence-corrected chi connectivity index (χ2v) is 5.89. The van der Waals surface area contributed by atoms with Gasteiger partial charge < -0.3 is 20.3 Å². The van der Waals surface area contributed by atoms with Crippen molar-refractivity contribution in [2.75, 3.05) is 32.8 Å². The van der Waals surface area contributed by atoms with E-state index in [9.17, 15) is 4.79 Å². The molecule has 5 nitrogen and oxygen atoms in total. The second-order valence-electron chi connectivity index (χ2n) is 5.48. The van der Waals surface area contributed by atoms with Crippen molar-refractivity contribution >= 4 is 23.2 Å². The van der Waals surface area contributed by atoms with E-state index in [-0.39, 0.29) is 5.91 Å². The standard InChI is InChI=1S/C14H25N3O2S/c18-13(17-8-10-19-11-9-17)6-7-15-14(20)16-12-4-2-1-3-5-12/h12H,1-11H2,(H2,15,16,20). The van der Waals surface area contributed by atoms with Crippen molar-refractivity contribution < 1.29 is 9.53 Å². The molecule has 0 atom stereocenters. The Hall–Kier alpha value is -0.880. The molecule has 0 unspecified atom stereocenters. The van der Waals surface area contributed by atoms with Gasteiger partial charge in [-0.3, -0.25) is 4.79 Å². The lowest BCUT2D eigenvalue weighted by molar-refractivity contribution is -0.135. The van der Waals surface area contributed by atoms with Crippen LogP contribution in [-0.4, -0.2) is 54.8 Å². The maximum Gasteiger partial charge on any atom is 0.224 e. The molecule has 0 bridgehead atoms. The van der Waals surface area contributed by atoms with Gasteiger partial charge in [-0.15, -0.1) is 0 Å². The molecule has 6 heteroatoms. The number of thiocarbonyl (C=S) groups is 1. The SMILES string of the molecule is O=C(CCNC(=S)NC1CCCCC1)N1CCOCC1. The second kappa shape index (κ2) is 8.42. The number of nitrogens with one attached hydrogen (secondary N) is 2. The zero-order valence-electron chi connectivity index (χ0n) is 12.0. The fourth-order valence-corrected chi connectivity index (χ4v) is 3.01. The Kier molecular flexibility index (Phi) is 6.53. The highest BCUT2D eigenvalue weighted by atomic mass is 32.1. The van der Waals surface area contributed by atoms with E-state index in [2.05, 4.69) is 10.6 Å². The number of hydrogen-bond donors (Lipinski definition) is 2. The first-order valence-corrected chi connectivity index (χ1v) is 8.06. The number of hydrogen-bond acceptors (Lipinski definition) is 3. The minimum atomic E-state index is 0.182. The number of carbonyl (C=O) groups excluding carboxylic acids is 1. The van der Waals surface area contributed by atoms with Gasteiger partial charge in [0.25, 0.3) is 0 Å². The van der Waals surface area contributed by atoms with Gasteiger partial charge in [-0.05, 0) is 25.1 Å².